The first-order chi connectivity index (χ1) is 10.3. The Morgan fingerprint density at radius 1 is 1.41 bits per heavy atom. The summed E-state index contributed by atoms with van der Waals surface area (Å²) in [6, 6.07) is 3.01. The summed E-state index contributed by atoms with van der Waals surface area (Å²) in [6.07, 6.45) is -3.15. The second-order valence-electron chi connectivity index (χ2n) is 4.54. The van der Waals surface area contributed by atoms with Crippen LogP contribution in [0.4, 0.5) is 18.9 Å². The number of esters is 1. The fourth-order valence-corrected chi connectivity index (χ4v) is 2.00. The lowest BCUT2D eigenvalue weighted by Gasteiger charge is -2.12. The molecule has 2 N–H and O–H groups in total. The van der Waals surface area contributed by atoms with Crippen LogP contribution in [0.2, 0.25) is 0 Å². The van der Waals surface area contributed by atoms with E-state index in [2.05, 4.69) is 4.98 Å². The van der Waals surface area contributed by atoms with Crippen LogP contribution in [0.25, 0.3) is 5.69 Å². The molecule has 8 heteroatoms. The molecule has 2 rings (SSSR count). The molecule has 2 aromatic rings. The smallest absolute Gasteiger partial charge is 0.416 e. The molecule has 0 aliphatic heterocycles. The zero-order valence-electron chi connectivity index (χ0n) is 11.9. The largest absolute Gasteiger partial charge is 0.461 e. The van der Waals surface area contributed by atoms with Crippen molar-refractivity contribution in [1.82, 2.24) is 9.55 Å². The van der Waals surface area contributed by atoms with Gasteiger partial charge in [-0.2, -0.15) is 13.2 Å². The SMILES string of the molecule is CCOC(=O)c1ncn(-c2ccc(C(F)(F)F)cc2N)c1C. The predicted molar refractivity (Wildman–Crippen MR) is 73.7 cm³/mol. The van der Waals surface area contributed by atoms with Gasteiger partial charge in [0.25, 0.3) is 0 Å². The molecule has 0 aliphatic carbocycles. The van der Waals surface area contributed by atoms with E-state index in [1.807, 2.05) is 0 Å². The van der Waals surface area contributed by atoms with Gasteiger partial charge in [-0.25, -0.2) is 9.78 Å². The van der Waals surface area contributed by atoms with E-state index in [-0.39, 0.29) is 18.0 Å². The fraction of sp³-hybridized carbons (Fsp3) is 0.286. The molecular formula is C14H14F3N3O2. The second-order valence-corrected chi connectivity index (χ2v) is 4.54. The minimum Gasteiger partial charge on any atom is -0.461 e. The summed E-state index contributed by atoms with van der Waals surface area (Å²) in [7, 11) is 0. The van der Waals surface area contributed by atoms with E-state index in [0.717, 1.165) is 12.1 Å². The Balaban J connectivity index is 2.43. The molecule has 0 saturated carbocycles. The van der Waals surface area contributed by atoms with Crippen LogP contribution >= 0.6 is 0 Å². The van der Waals surface area contributed by atoms with E-state index in [9.17, 15) is 18.0 Å². The number of aromatic nitrogens is 2. The highest BCUT2D eigenvalue weighted by Gasteiger charge is 2.31. The number of nitrogens with zero attached hydrogens (tertiary/aromatic N) is 2. The lowest BCUT2D eigenvalue weighted by Crippen LogP contribution is -2.09. The Bertz CT molecular complexity index is 708. The molecule has 1 heterocycles. The molecule has 0 amide bonds. The molecule has 0 radical (unpaired) electrons. The number of carbonyl (C=O) groups excluding carboxylic acids is 1. The standard InChI is InChI=1S/C14H14F3N3O2/c1-3-22-13(21)12-8(2)20(7-19-12)11-5-4-9(6-10(11)18)14(15,16)17/h4-7H,3,18H2,1-2H3. The molecule has 22 heavy (non-hydrogen) atoms. The van der Waals surface area contributed by atoms with E-state index >= 15 is 0 Å². The molecule has 0 fully saturated rings. The van der Waals surface area contributed by atoms with Gasteiger partial charge in [0.05, 0.1) is 29.2 Å². The molecule has 0 aliphatic rings. The number of hydrogen-bond donors (Lipinski definition) is 1. The topological polar surface area (TPSA) is 70.1 Å². The maximum absolute atomic E-state index is 12.6. The van der Waals surface area contributed by atoms with Gasteiger partial charge in [0.1, 0.15) is 6.33 Å². The van der Waals surface area contributed by atoms with Gasteiger partial charge in [-0.05, 0) is 32.0 Å². The van der Waals surface area contributed by atoms with Gasteiger partial charge in [-0.15, -0.1) is 0 Å². The van der Waals surface area contributed by atoms with Crippen molar-refractivity contribution < 1.29 is 22.7 Å². The number of carbonyl (C=O) groups is 1. The van der Waals surface area contributed by atoms with Crippen LogP contribution in [0.3, 0.4) is 0 Å². The molecule has 0 atom stereocenters. The molecular weight excluding hydrogens is 299 g/mol. The lowest BCUT2D eigenvalue weighted by molar-refractivity contribution is -0.137. The maximum atomic E-state index is 12.6. The van der Waals surface area contributed by atoms with Crippen LogP contribution in [0, 0.1) is 6.92 Å². The zero-order chi connectivity index (χ0) is 16.5. The highest BCUT2D eigenvalue weighted by Crippen LogP contribution is 2.32. The number of ether oxygens (including phenoxy) is 1. The third kappa shape index (κ3) is 2.90. The van der Waals surface area contributed by atoms with Crippen LogP contribution < -0.4 is 5.73 Å². The number of imidazole rings is 1. The van der Waals surface area contributed by atoms with Crippen molar-refractivity contribution in [1.29, 1.82) is 0 Å². The molecule has 0 bridgehead atoms. The molecule has 0 unspecified atom stereocenters. The molecule has 1 aromatic heterocycles. The number of rotatable bonds is 3. The predicted octanol–water partition coefficient (Wildman–Crippen LogP) is 2.96. The Morgan fingerprint density at radius 2 is 2.09 bits per heavy atom. The van der Waals surface area contributed by atoms with E-state index in [0.29, 0.717) is 11.4 Å². The Labute approximate surface area is 124 Å². The molecule has 0 spiro atoms. The first-order valence-corrected chi connectivity index (χ1v) is 6.43. The number of halogens is 3. The van der Waals surface area contributed by atoms with Gasteiger partial charge in [0, 0.05) is 0 Å². The van der Waals surface area contributed by atoms with Gasteiger partial charge >= 0.3 is 12.1 Å². The summed E-state index contributed by atoms with van der Waals surface area (Å²) < 4.78 is 44.2. The Morgan fingerprint density at radius 3 is 2.64 bits per heavy atom. The highest BCUT2D eigenvalue weighted by molar-refractivity contribution is 5.88. The average molecular weight is 313 g/mol. The number of anilines is 1. The number of nitrogens with two attached hydrogens (primary N) is 1. The Hall–Kier alpha value is -2.51. The van der Waals surface area contributed by atoms with Crippen molar-refractivity contribution in [2.75, 3.05) is 12.3 Å². The van der Waals surface area contributed by atoms with Crippen molar-refractivity contribution in [3.05, 3.63) is 41.5 Å². The Kier molecular flexibility index (Phi) is 4.11. The van der Waals surface area contributed by atoms with Crippen molar-refractivity contribution >= 4 is 11.7 Å². The summed E-state index contributed by atoms with van der Waals surface area (Å²) in [5, 5.41) is 0. The molecule has 0 saturated heterocycles. The monoisotopic (exact) mass is 313 g/mol. The number of alkyl halides is 3. The van der Waals surface area contributed by atoms with Crippen LogP contribution in [0.5, 0.6) is 0 Å². The molecule has 118 valence electrons. The summed E-state index contributed by atoms with van der Waals surface area (Å²) in [5.41, 5.74) is 5.64. The van der Waals surface area contributed by atoms with Gasteiger partial charge in [0.2, 0.25) is 0 Å². The summed E-state index contributed by atoms with van der Waals surface area (Å²) >= 11 is 0. The number of hydrogen-bond acceptors (Lipinski definition) is 4. The first kappa shape index (κ1) is 15.9. The van der Waals surface area contributed by atoms with Crippen LogP contribution in [0.1, 0.15) is 28.7 Å². The van der Waals surface area contributed by atoms with Crippen LogP contribution in [0.15, 0.2) is 24.5 Å². The third-order valence-corrected chi connectivity index (χ3v) is 3.09. The lowest BCUT2D eigenvalue weighted by atomic mass is 10.1. The van der Waals surface area contributed by atoms with E-state index < -0.39 is 17.7 Å². The summed E-state index contributed by atoms with van der Waals surface area (Å²) in [6.45, 7) is 3.47. The molecule has 1 aromatic carbocycles. The minimum atomic E-state index is -4.47. The van der Waals surface area contributed by atoms with Crippen molar-refractivity contribution in [3.63, 3.8) is 0 Å². The first-order valence-electron chi connectivity index (χ1n) is 6.43. The second kappa shape index (κ2) is 5.70. The van der Waals surface area contributed by atoms with Gasteiger partial charge in [-0.1, -0.05) is 0 Å². The van der Waals surface area contributed by atoms with E-state index in [4.69, 9.17) is 10.5 Å². The van der Waals surface area contributed by atoms with E-state index in [1.54, 1.807) is 13.8 Å². The van der Waals surface area contributed by atoms with Crippen LogP contribution in [-0.2, 0) is 10.9 Å². The van der Waals surface area contributed by atoms with Crippen molar-refractivity contribution in [2.24, 2.45) is 0 Å². The van der Waals surface area contributed by atoms with Crippen molar-refractivity contribution in [3.8, 4) is 5.69 Å². The molecule has 5 nitrogen and oxygen atoms in total. The van der Waals surface area contributed by atoms with Gasteiger partial charge < -0.3 is 15.0 Å². The normalized spacial score (nSPS) is 11.5. The zero-order valence-corrected chi connectivity index (χ0v) is 11.9. The van der Waals surface area contributed by atoms with Crippen molar-refractivity contribution in [2.45, 2.75) is 20.0 Å². The maximum Gasteiger partial charge on any atom is 0.416 e. The summed E-state index contributed by atoms with van der Waals surface area (Å²) in [4.78, 5) is 15.6. The van der Waals surface area contributed by atoms with Crippen LogP contribution in [-0.4, -0.2) is 22.1 Å². The number of benzene rings is 1. The summed E-state index contributed by atoms with van der Waals surface area (Å²) in [5.74, 6) is -0.593. The quantitative estimate of drug-likeness (QED) is 0.698. The minimum absolute atomic E-state index is 0.0641. The average Bonchev–Trinajstić information content (AvgIpc) is 2.80. The highest BCUT2D eigenvalue weighted by atomic mass is 19.4. The number of nitrogen functional groups attached to an aromatic ring is 1. The fourth-order valence-electron chi connectivity index (χ4n) is 2.00. The third-order valence-electron chi connectivity index (χ3n) is 3.09. The van der Waals surface area contributed by atoms with Gasteiger partial charge in [-0.3, -0.25) is 0 Å². The van der Waals surface area contributed by atoms with E-state index in [1.165, 1.54) is 17.0 Å². The van der Waals surface area contributed by atoms with Gasteiger partial charge in [0.15, 0.2) is 5.69 Å².